The second-order valence-electron chi connectivity index (χ2n) is 7.25. The molecular weight excluding hydrogens is 354 g/mol. The molecule has 7 nitrogen and oxygen atoms in total. The lowest BCUT2D eigenvalue weighted by Gasteiger charge is -2.31. The number of primary amides is 2. The number of fused-ring (bicyclic) bond motifs is 1. The van der Waals surface area contributed by atoms with Crippen molar-refractivity contribution in [2.24, 2.45) is 11.5 Å². The maximum absolute atomic E-state index is 11.6. The molecule has 0 spiro atoms. The average Bonchev–Trinajstić information content (AvgIpc) is 3.07. The van der Waals surface area contributed by atoms with Crippen LogP contribution in [0.3, 0.4) is 0 Å². The van der Waals surface area contributed by atoms with E-state index in [1.807, 2.05) is 36.4 Å². The van der Waals surface area contributed by atoms with Crippen molar-refractivity contribution in [1.29, 1.82) is 0 Å². The summed E-state index contributed by atoms with van der Waals surface area (Å²) in [4.78, 5) is 27.5. The minimum Gasteiger partial charge on any atom is -0.366 e. The van der Waals surface area contributed by atoms with Gasteiger partial charge in [0, 0.05) is 23.2 Å². The molecule has 4 rings (SSSR count). The highest BCUT2D eigenvalue weighted by Crippen LogP contribution is 2.36. The first-order valence-corrected chi connectivity index (χ1v) is 9.46. The van der Waals surface area contributed by atoms with Gasteiger partial charge in [-0.05, 0) is 43.9 Å². The summed E-state index contributed by atoms with van der Waals surface area (Å²) >= 11 is 0. The second-order valence-corrected chi connectivity index (χ2v) is 7.25. The Labute approximate surface area is 162 Å². The standard InChI is InChI=1S/C21H23N5O2/c22-19(27)14-6-11-18-17(12-14)25-20(13-4-2-1-3-5-13)26(18)16-9-7-15(8-10-16)24-21(23)28/h1-6,11-12,15-16H,7-10H2,(H2,22,27)(H3,23,24,28). The Morgan fingerprint density at radius 3 is 2.36 bits per heavy atom. The molecule has 7 heteroatoms. The fraction of sp³-hybridized carbons (Fsp3) is 0.286. The number of hydrogen-bond donors (Lipinski definition) is 3. The highest BCUT2D eigenvalue weighted by Gasteiger charge is 2.27. The van der Waals surface area contributed by atoms with Crippen molar-refractivity contribution >= 4 is 23.0 Å². The predicted molar refractivity (Wildman–Crippen MR) is 108 cm³/mol. The molecule has 5 N–H and O–H groups in total. The monoisotopic (exact) mass is 377 g/mol. The highest BCUT2D eigenvalue weighted by atomic mass is 16.2. The molecular formula is C21H23N5O2. The Morgan fingerprint density at radius 1 is 1.00 bits per heavy atom. The number of rotatable bonds is 4. The van der Waals surface area contributed by atoms with Gasteiger partial charge in [-0.3, -0.25) is 4.79 Å². The number of nitrogens with zero attached hydrogens (tertiary/aromatic N) is 2. The number of carbonyl (C=O) groups excluding carboxylic acids is 2. The lowest BCUT2D eigenvalue weighted by molar-refractivity contribution is 0.100. The first-order valence-electron chi connectivity index (χ1n) is 9.46. The third-order valence-electron chi connectivity index (χ3n) is 5.41. The summed E-state index contributed by atoms with van der Waals surface area (Å²) in [5, 5.41) is 2.81. The summed E-state index contributed by atoms with van der Waals surface area (Å²) in [7, 11) is 0. The van der Waals surface area contributed by atoms with Crippen LogP contribution >= 0.6 is 0 Å². The quantitative estimate of drug-likeness (QED) is 0.649. The third kappa shape index (κ3) is 3.43. The van der Waals surface area contributed by atoms with Crippen LogP contribution in [-0.4, -0.2) is 27.5 Å². The molecule has 1 saturated carbocycles. The summed E-state index contributed by atoms with van der Waals surface area (Å²) < 4.78 is 2.26. The van der Waals surface area contributed by atoms with Gasteiger partial charge in [0.2, 0.25) is 5.91 Å². The number of urea groups is 1. The van der Waals surface area contributed by atoms with Gasteiger partial charge in [-0.2, -0.15) is 0 Å². The van der Waals surface area contributed by atoms with Crippen LogP contribution in [0.2, 0.25) is 0 Å². The van der Waals surface area contributed by atoms with Crippen molar-refractivity contribution in [2.45, 2.75) is 37.8 Å². The van der Waals surface area contributed by atoms with Crippen molar-refractivity contribution in [3.8, 4) is 11.4 Å². The van der Waals surface area contributed by atoms with E-state index in [9.17, 15) is 9.59 Å². The zero-order valence-corrected chi connectivity index (χ0v) is 15.5. The molecule has 1 aromatic heterocycles. The third-order valence-corrected chi connectivity index (χ3v) is 5.41. The number of nitrogens with one attached hydrogen (secondary N) is 1. The van der Waals surface area contributed by atoms with Crippen LogP contribution in [-0.2, 0) is 0 Å². The van der Waals surface area contributed by atoms with E-state index < -0.39 is 11.9 Å². The molecule has 2 aromatic carbocycles. The first-order chi connectivity index (χ1) is 13.5. The maximum Gasteiger partial charge on any atom is 0.312 e. The Hall–Kier alpha value is -3.35. The molecule has 0 aliphatic heterocycles. The smallest absolute Gasteiger partial charge is 0.312 e. The Bertz CT molecular complexity index is 1020. The Morgan fingerprint density at radius 2 is 1.71 bits per heavy atom. The van der Waals surface area contributed by atoms with E-state index in [-0.39, 0.29) is 12.1 Å². The molecule has 0 radical (unpaired) electrons. The van der Waals surface area contributed by atoms with Crippen molar-refractivity contribution in [2.75, 3.05) is 0 Å². The molecule has 28 heavy (non-hydrogen) atoms. The minimum atomic E-state index is -0.472. The Kier molecular flexibility index (Phi) is 4.73. The van der Waals surface area contributed by atoms with Crippen molar-refractivity contribution in [3.05, 3.63) is 54.1 Å². The van der Waals surface area contributed by atoms with Gasteiger partial charge in [0.05, 0.1) is 11.0 Å². The molecule has 0 unspecified atom stereocenters. The molecule has 1 heterocycles. The van der Waals surface area contributed by atoms with Crippen LogP contribution < -0.4 is 16.8 Å². The van der Waals surface area contributed by atoms with E-state index >= 15 is 0 Å². The van der Waals surface area contributed by atoms with Gasteiger partial charge >= 0.3 is 6.03 Å². The number of carbonyl (C=O) groups is 2. The van der Waals surface area contributed by atoms with Crippen LogP contribution in [0.15, 0.2) is 48.5 Å². The molecule has 0 saturated heterocycles. The van der Waals surface area contributed by atoms with E-state index in [0.717, 1.165) is 48.1 Å². The topological polar surface area (TPSA) is 116 Å². The van der Waals surface area contributed by atoms with Gasteiger partial charge in [0.15, 0.2) is 0 Å². The van der Waals surface area contributed by atoms with Crippen LogP contribution in [0, 0.1) is 0 Å². The lowest BCUT2D eigenvalue weighted by atomic mass is 9.90. The number of amides is 3. The van der Waals surface area contributed by atoms with Gasteiger partial charge in [-0.1, -0.05) is 30.3 Å². The molecule has 1 fully saturated rings. The summed E-state index contributed by atoms with van der Waals surface area (Å²) in [6.45, 7) is 0. The molecule has 144 valence electrons. The number of hydrogen-bond acceptors (Lipinski definition) is 3. The van der Waals surface area contributed by atoms with Crippen molar-refractivity contribution in [1.82, 2.24) is 14.9 Å². The largest absolute Gasteiger partial charge is 0.366 e. The SMILES string of the molecule is NC(=O)NC1CCC(n2c(-c3ccccc3)nc3cc(C(N)=O)ccc32)CC1. The van der Waals surface area contributed by atoms with E-state index in [1.165, 1.54) is 0 Å². The number of aromatic nitrogens is 2. The fourth-order valence-corrected chi connectivity index (χ4v) is 4.09. The summed E-state index contributed by atoms with van der Waals surface area (Å²) in [5.41, 5.74) is 13.9. The van der Waals surface area contributed by atoms with E-state index in [0.29, 0.717) is 5.56 Å². The fourth-order valence-electron chi connectivity index (χ4n) is 4.09. The van der Waals surface area contributed by atoms with Crippen molar-refractivity contribution in [3.63, 3.8) is 0 Å². The molecule has 0 atom stereocenters. The molecule has 3 amide bonds. The number of nitrogens with two attached hydrogens (primary N) is 2. The second kappa shape index (κ2) is 7.34. The minimum absolute atomic E-state index is 0.116. The zero-order valence-electron chi connectivity index (χ0n) is 15.5. The Balaban J connectivity index is 1.75. The maximum atomic E-state index is 11.6. The molecule has 0 bridgehead atoms. The van der Waals surface area contributed by atoms with E-state index in [4.69, 9.17) is 16.5 Å². The highest BCUT2D eigenvalue weighted by molar-refractivity contribution is 5.96. The van der Waals surface area contributed by atoms with E-state index in [1.54, 1.807) is 12.1 Å². The van der Waals surface area contributed by atoms with E-state index in [2.05, 4.69) is 9.88 Å². The van der Waals surface area contributed by atoms with Gasteiger partial charge in [-0.15, -0.1) is 0 Å². The van der Waals surface area contributed by atoms with Crippen LogP contribution in [0.4, 0.5) is 4.79 Å². The van der Waals surface area contributed by atoms with Gasteiger partial charge < -0.3 is 21.4 Å². The van der Waals surface area contributed by atoms with Gasteiger partial charge in [-0.25, -0.2) is 9.78 Å². The normalized spacial score (nSPS) is 19.4. The number of benzene rings is 2. The average molecular weight is 377 g/mol. The molecule has 1 aliphatic carbocycles. The summed E-state index contributed by atoms with van der Waals surface area (Å²) in [6.07, 6.45) is 3.55. The predicted octanol–water partition coefficient (Wildman–Crippen LogP) is 2.95. The summed E-state index contributed by atoms with van der Waals surface area (Å²) in [6, 6.07) is 15.3. The van der Waals surface area contributed by atoms with Crippen LogP contribution in [0.5, 0.6) is 0 Å². The van der Waals surface area contributed by atoms with Crippen molar-refractivity contribution < 1.29 is 9.59 Å². The van der Waals surface area contributed by atoms with Gasteiger partial charge in [0.25, 0.3) is 0 Å². The number of imidazole rings is 1. The molecule has 3 aromatic rings. The summed E-state index contributed by atoms with van der Waals surface area (Å²) in [5.74, 6) is 0.416. The van der Waals surface area contributed by atoms with Gasteiger partial charge in [0.1, 0.15) is 5.82 Å². The first kappa shape index (κ1) is 18.0. The van der Waals surface area contributed by atoms with Crippen LogP contribution in [0.25, 0.3) is 22.4 Å². The van der Waals surface area contributed by atoms with Crippen LogP contribution in [0.1, 0.15) is 42.1 Å². The zero-order chi connectivity index (χ0) is 19.7. The lowest BCUT2D eigenvalue weighted by Crippen LogP contribution is -2.41. The molecule has 1 aliphatic rings.